The van der Waals surface area contributed by atoms with E-state index in [1.54, 1.807) is 0 Å². The van der Waals surface area contributed by atoms with Gasteiger partial charge in [0.05, 0.1) is 0 Å². The molecular formula is C27H36ErN3. The van der Waals surface area contributed by atoms with Gasteiger partial charge in [-0.15, -0.1) is 18.2 Å². The zero-order chi connectivity index (χ0) is 22.7. The Bertz CT molecular complexity index is 771. The molecule has 0 aliphatic rings. The maximum absolute atomic E-state index is 3.90. The van der Waals surface area contributed by atoms with Crippen molar-refractivity contribution in [2.75, 3.05) is 57.0 Å². The van der Waals surface area contributed by atoms with Crippen LogP contribution < -0.4 is 14.7 Å². The van der Waals surface area contributed by atoms with Crippen LogP contribution in [0.4, 0.5) is 17.1 Å². The van der Waals surface area contributed by atoms with E-state index in [4.69, 9.17) is 0 Å². The minimum Gasteiger partial charge on any atom is -0.428 e. The van der Waals surface area contributed by atoms with Crippen molar-refractivity contribution < 1.29 is 37.3 Å². The molecule has 0 aromatic heterocycles. The molecule has 0 amide bonds. The van der Waals surface area contributed by atoms with Gasteiger partial charge in [0.25, 0.3) is 0 Å². The van der Waals surface area contributed by atoms with Gasteiger partial charge in [-0.25, -0.2) is 0 Å². The maximum Gasteiger partial charge on any atom is 3.00 e. The Hall–Kier alpha value is -2.08. The molecule has 3 aromatic rings. The van der Waals surface area contributed by atoms with Gasteiger partial charge in [0.1, 0.15) is 0 Å². The second kappa shape index (κ2) is 14.8. The van der Waals surface area contributed by atoms with Crippen molar-refractivity contribution in [1.29, 1.82) is 0 Å². The van der Waals surface area contributed by atoms with Crippen LogP contribution in [-0.2, 0) is 0 Å². The standard InChI is InChI=1S/3C9H12N.Er/c3*1-8-6-4-5-7-9(8)10(2)3;/h3*4-7H,1H2,2-3H3;/q3*-1;+3. The summed E-state index contributed by atoms with van der Waals surface area (Å²) in [6.07, 6.45) is 0. The quantitative estimate of drug-likeness (QED) is 0.369. The van der Waals surface area contributed by atoms with Gasteiger partial charge in [-0.1, -0.05) is 53.5 Å². The van der Waals surface area contributed by atoms with Crippen LogP contribution in [0.1, 0.15) is 16.7 Å². The average Bonchev–Trinajstić information content (AvgIpc) is 2.69. The van der Waals surface area contributed by atoms with Gasteiger partial charge in [-0.2, -0.15) is 55.7 Å². The Labute approximate surface area is 220 Å². The fourth-order valence-electron chi connectivity index (χ4n) is 2.84. The predicted octanol–water partition coefficient (Wildman–Crippen LogP) is 5.80. The number of nitrogens with zero attached hydrogens (tertiary/aromatic N) is 3. The molecule has 3 rings (SSSR count). The molecule has 4 heteroatoms. The molecule has 0 saturated heterocycles. The fraction of sp³-hybridized carbons (Fsp3) is 0.222. The summed E-state index contributed by atoms with van der Waals surface area (Å²) in [4.78, 5) is 6.17. The Morgan fingerprint density at radius 3 is 0.742 bits per heavy atom. The zero-order valence-electron chi connectivity index (χ0n) is 19.7. The number of rotatable bonds is 3. The van der Waals surface area contributed by atoms with Crippen molar-refractivity contribution in [2.45, 2.75) is 0 Å². The van der Waals surface area contributed by atoms with Crippen molar-refractivity contribution >= 4 is 17.1 Å². The van der Waals surface area contributed by atoms with Gasteiger partial charge in [0.15, 0.2) is 0 Å². The number of anilines is 3. The van der Waals surface area contributed by atoms with E-state index in [0.29, 0.717) is 0 Å². The summed E-state index contributed by atoms with van der Waals surface area (Å²) in [5, 5.41) is 0. The van der Waals surface area contributed by atoms with E-state index in [9.17, 15) is 0 Å². The Balaban J connectivity index is 0.000000429. The first kappa shape index (κ1) is 28.9. The molecule has 0 bridgehead atoms. The summed E-state index contributed by atoms with van der Waals surface area (Å²) < 4.78 is 0. The first-order chi connectivity index (χ1) is 14.1. The molecule has 31 heavy (non-hydrogen) atoms. The minimum absolute atomic E-state index is 0. The second-order valence-corrected chi connectivity index (χ2v) is 7.57. The number of benzene rings is 3. The molecule has 0 atom stereocenters. The van der Waals surface area contributed by atoms with Crippen LogP contribution >= 0.6 is 0 Å². The minimum atomic E-state index is 0. The summed E-state index contributed by atoms with van der Waals surface area (Å²) in [5.41, 5.74) is 6.78. The normalized spacial score (nSPS) is 9.10. The summed E-state index contributed by atoms with van der Waals surface area (Å²) in [6.45, 7) is 11.7. The Morgan fingerprint density at radius 1 is 0.419 bits per heavy atom. The average molecular weight is 570 g/mol. The van der Waals surface area contributed by atoms with Gasteiger partial charge in [0, 0.05) is 0 Å². The third-order valence-corrected chi connectivity index (χ3v) is 4.42. The van der Waals surface area contributed by atoms with Crippen LogP contribution in [0.3, 0.4) is 0 Å². The number of hydrogen-bond donors (Lipinski definition) is 0. The van der Waals surface area contributed by atoms with E-state index in [-0.39, 0.29) is 37.3 Å². The maximum atomic E-state index is 3.90. The van der Waals surface area contributed by atoms with Gasteiger partial charge < -0.3 is 14.7 Å². The van der Waals surface area contributed by atoms with Crippen LogP contribution in [0.5, 0.6) is 0 Å². The number of hydrogen-bond acceptors (Lipinski definition) is 3. The summed E-state index contributed by atoms with van der Waals surface area (Å²) >= 11 is 0. The molecule has 0 aliphatic heterocycles. The summed E-state index contributed by atoms with van der Waals surface area (Å²) in [6, 6.07) is 24.2. The van der Waals surface area contributed by atoms with E-state index in [1.807, 2.05) is 96.9 Å². The molecule has 1 radical (unpaired) electrons. The van der Waals surface area contributed by atoms with E-state index in [1.165, 1.54) is 17.1 Å². The third kappa shape index (κ3) is 10.2. The van der Waals surface area contributed by atoms with Crippen molar-refractivity contribution in [3.05, 3.63) is 110 Å². The topological polar surface area (TPSA) is 9.72 Å². The predicted molar refractivity (Wildman–Crippen MR) is 136 cm³/mol. The van der Waals surface area contributed by atoms with Crippen LogP contribution in [0, 0.1) is 58.1 Å². The molecule has 0 aliphatic carbocycles. The molecule has 3 nitrogen and oxygen atoms in total. The first-order valence-corrected chi connectivity index (χ1v) is 9.90. The molecule has 0 spiro atoms. The molecule has 0 N–H and O–H groups in total. The van der Waals surface area contributed by atoms with E-state index >= 15 is 0 Å². The zero-order valence-corrected chi connectivity index (χ0v) is 21.5. The molecule has 0 unspecified atom stereocenters. The van der Waals surface area contributed by atoms with Gasteiger partial charge in [-0.05, 0) is 42.3 Å². The Morgan fingerprint density at radius 2 is 0.613 bits per heavy atom. The second-order valence-electron chi connectivity index (χ2n) is 7.57. The van der Waals surface area contributed by atoms with Crippen molar-refractivity contribution in [3.63, 3.8) is 0 Å². The van der Waals surface area contributed by atoms with Gasteiger partial charge >= 0.3 is 37.3 Å². The van der Waals surface area contributed by atoms with E-state index in [2.05, 4.69) is 53.7 Å². The fourth-order valence-corrected chi connectivity index (χ4v) is 2.84. The van der Waals surface area contributed by atoms with Crippen LogP contribution in [0.25, 0.3) is 0 Å². The summed E-state index contributed by atoms with van der Waals surface area (Å²) in [5.74, 6) is 0. The molecular weight excluding hydrogens is 534 g/mol. The molecule has 0 heterocycles. The monoisotopic (exact) mass is 568 g/mol. The van der Waals surface area contributed by atoms with E-state index < -0.39 is 0 Å². The van der Waals surface area contributed by atoms with Crippen molar-refractivity contribution in [2.24, 2.45) is 0 Å². The first-order valence-electron chi connectivity index (χ1n) is 9.90. The third-order valence-electron chi connectivity index (χ3n) is 4.42. The molecule has 0 saturated carbocycles. The van der Waals surface area contributed by atoms with Gasteiger partial charge in [-0.3, -0.25) is 0 Å². The molecule has 171 valence electrons. The smallest absolute Gasteiger partial charge is 0.428 e. The molecule has 0 fully saturated rings. The van der Waals surface area contributed by atoms with Crippen molar-refractivity contribution in [3.8, 4) is 0 Å². The summed E-state index contributed by atoms with van der Waals surface area (Å²) in [7, 11) is 12.1. The molecule has 3 aromatic carbocycles. The van der Waals surface area contributed by atoms with Crippen LogP contribution in [-0.4, -0.2) is 42.3 Å². The van der Waals surface area contributed by atoms with Gasteiger partial charge in [0.2, 0.25) is 0 Å². The van der Waals surface area contributed by atoms with Crippen LogP contribution in [0.2, 0.25) is 0 Å². The number of para-hydroxylation sites is 3. The SMILES string of the molecule is [CH2-]c1ccccc1N(C)C.[CH2-]c1ccccc1N(C)C.[CH2-]c1ccccc1N(C)C.[Er+3]. The van der Waals surface area contributed by atoms with Crippen molar-refractivity contribution in [1.82, 2.24) is 0 Å². The Kier molecular flexibility index (Phi) is 13.8. The largest absolute Gasteiger partial charge is 3.00 e. The van der Waals surface area contributed by atoms with Crippen LogP contribution in [0.15, 0.2) is 72.8 Å². The van der Waals surface area contributed by atoms with E-state index in [0.717, 1.165) is 16.7 Å².